The number of hydrogen-bond donors (Lipinski definition) is 1. The van der Waals surface area contributed by atoms with Crippen molar-refractivity contribution in [2.24, 2.45) is 11.8 Å². The molecule has 1 fully saturated rings. The number of nitrogens with zero attached hydrogens (tertiary/aromatic N) is 1. The second-order valence-electron chi connectivity index (χ2n) is 6.67. The average Bonchev–Trinajstić information content (AvgIpc) is 2.41. The van der Waals surface area contributed by atoms with Crippen LogP contribution in [-0.2, 0) is 4.79 Å². The maximum atomic E-state index is 12.5. The summed E-state index contributed by atoms with van der Waals surface area (Å²) in [5, 5.41) is 3.37. The Morgan fingerprint density at radius 1 is 1.25 bits per heavy atom. The minimum absolute atomic E-state index is 0.219. The van der Waals surface area contributed by atoms with E-state index in [0.717, 1.165) is 32.2 Å². The number of carbonyl (C=O) groups excluding carboxylic acids is 1. The third-order valence-corrected chi connectivity index (χ3v) is 4.61. The highest BCUT2D eigenvalue weighted by Crippen LogP contribution is 2.25. The Morgan fingerprint density at radius 2 is 1.95 bits per heavy atom. The molecule has 0 spiro atoms. The lowest BCUT2D eigenvalue weighted by atomic mass is 9.83. The van der Waals surface area contributed by atoms with E-state index in [0.29, 0.717) is 17.9 Å². The van der Waals surface area contributed by atoms with E-state index >= 15 is 0 Å². The molecule has 1 saturated carbocycles. The smallest absolute Gasteiger partial charge is 0.223 e. The molecule has 3 nitrogen and oxygen atoms in total. The Bertz CT molecular complexity index is 278. The first-order valence-corrected chi connectivity index (χ1v) is 8.53. The van der Waals surface area contributed by atoms with Crippen LogP contribution in [0, 0.1) is 11.8 Å². The van der Waals surface area contributed by atoms with Gasteiger partial charge >= 0.3 is 0 Å². The highest BCUT2D eigenvalue weighted by atomic mass is 16.1. The fourth-order valence-electron chi connectivity index (χ4n) is 3.36. The second kappa shape index (κ2) is 9.38. The molecule has 0 aromatic heterocycles. The van der Waals surface area contributed by atoms with Gasteiger partial charge in [-0.05, 0) is 45.7 Å². The molecule has 1 aliphatic rings. The normalized spacial score (nSPS) is 24.6. The molecule has 118 valence electrons. The summed E-state index contributed by atoms with van der Waals surface area (Å²) >= 11 is 0. The number of carbonyl (C=O) groups is 1. The zero-order valence-corrected chi connectivity index (χ0v) is 14.0. The summed E-state index contributed by atoms with van der Waals surface area (Å²) in [6, 6.07) is 0.398. The summed E-state index contributed by atoms with van der Waals surface area (Å²) in [4.78, 5) is 14.7. The highest BCUT2D eigenvalue weighted by molar-refractivity contribution is 5.78. The summed E-state index contributed by atoms with van der Waals surface area (Å²) in [5.41, 5.74) is 0. The van der Waals surface area contributed by atoms with Gasteiger partial charge in [0.2, 0.25) is 5.91 Å². The van der Waals surface area contributed by atoms with Crippen molar-refractivity contribution in [3.63, 3.8) is 0 Å². The predicted octanol–water partition coefficient (Wildman–Crippen LogP) is 3.44. The van der Waals surface area contributed by atoms with Gasteiger partial charge in [-0.2, -0.15) is 0 Å². The minimum atomic E-state index is 0.219. The summed E-state index contributed by atoms with van der Waals surface area (Å²) < 4.78 is 0. The van der Waals surface area contributed by atoms with Crippen LogP contribution in [0.1, 0.15) is 65.2 Å². The van der Waals surface area contributed by atoms with E-state index in [9.17, 15) is 4.79 Å². The predicted molar refractivity (Wildman–Crippen MR) is 85.7 cm³/mol. The van der Waals surface area contributed by atoms with Gasteiger partial charge in [-0.15, -0.1) is 0 Å². The molecule has 1 aliphatic carbocycles. The number of nitrogens with one attached hydrogen (secondary N) is 1. The van der Waals surface area contributed by atoms with Crippen LogP contribution >= 0.6 is 0 Å². The Morgan fingerprint density at radius 3 is 2.55 bits per heavy atom. The Balaban J connectivity index is 2.51. The minimum Gasteiger partial charge on any atom is -0.353 e. The van der Waals surface area contributed by atoms with Crippen LogP contribution in [0.2, 0.25) is 0 Å². The Hall–Kier alpha value is -0.570. The molecule has 3 unspecified atom stereocenters. The van der Waals surface area contributed by atoms with E-state index in [1.807, 2.05) is 0 Å². The van der Waals surface area contributed by atoms with Gasteiger partial charge in [-0.1, -0.05) is 39.5 Å². The molecule has 3 atom stereocenters. The molecule has 0 aromatic rings. The molecular formula is C17H34N2O. The van der Waals surface area contributed by atoms with Gasteiger partial charge in [0.25, 0.3) is 0 Å². The lowest BCUT2D eigenvalue weighted by Gasteiger charge is -2.34. The number of amides is 1. The molecule has 1 amide bonds. The first-order chi connectivity index (χ1) is 9.58. The number of hydrogen-bond acceptors (Lipinski definition) is 2. The Labute approximate surface area is 125 Å². The van der Waals surface area contributed by atoms with Crippen molar-refractivity contribution >= 4 is 5.91 Å². The number of unbranched alkanes of at least 4 members (excludes halogenated alkanes) is 1. The zero-order chi connectivity index (χ0) is 15.0. The summed E-state index contributed by atoms with van der Waals surface area (Å²) in [6.07, 6.45) is 9.36. The van der Waals surface area contributed by atoms with Gasteiger partial charge in [0.1, 0.15) is 0 Å². The molecule has 20 heavy (non-hydrogen) atoms. The van der Waals surface area contributed by atoms with Crippen LogP contribution < -0.4 is 5.32 Å². The third-order valence-electron chi connectivity index (χ3n) is 4.61. The van der Waals surface area contributed by atoms with E-state index in [1.54, 1.807) is 0 Å². The monoisotopic (exact) mass is 282 g/mol. The standard InChI is InChI=1S/C17H34N2O/c1-5-7-10-14(6-2)17(20)18-16-12-9-8-11-15(16)13-19(3)4/h14-16H,5-13H2,1-4H3,(H,18,20). The lowest BCUT2D eigenvalue weighted by Crippen LogP contribution is -2.47. The third kappa shape index (κ3) is 5.82. The average molecular weight is 282 g/mol. The topological polar surface area (TPSA) is 32.3 Å². The first-order valence-electron chi connectivity index (χ1n) is 8.53. The van der Waals surface area contributed by atoms with Gasteiger partial charge in [-0.3, -0.25) is 4.79 Å². The van der Waals surface area contributed by atoms with E-state index in [4.69, 9.17) is 0 Å². The van der Waals surface area contributed by atoms with Crippen molar-refractivity contribution in [1.29, 1.82) is 0 Å². The largest absolute Gasteiger partial charge is 0.353 e. The van der Waals surface area contributed by atoms with Crippen LogP contribution in [0.4, 0.5) is 0 Å². The fourth-order valence-corrected chi connectivity index (χ4v) is 3.36. The van der Waals surface area contributed by atoms with E-state index in [2.05, 4.69) is 38.2 Å². The highest BCUT2D eigenvalue weighted by Gasteiger charge is 2.28. The van der Waals surface area contributed by atoms with Gasteiger partial charge in [-0.25, -0.2) is 0 Å². The van der Waals surface area contributed by atoms with Crippen LogP contribution in [0.15, 0.2) is 0 Å². The van der Waals surface area contributed by atoms with Gasteiger partial charge in [0.15, 0.2) is 0 Å². The summed E-state index contributed by atoms with van der Waals surface area (Å²) in [7, 11) is 4.26. The quantitative estimate of drug-likeness (QED) is 0.739. The van der Waals surface area contributed by atoms with Crippen molar-refractivity contribution in [3.05, 3.63) is 0 Å². The van der Waals surface area contributed by atoms with Crippen molar-refractivity contribution in [2.45, 2.75) is 71.3 Å². The van der Waals surface area contributed by atoms with Crippen molar-refractivity contribution in [2.75, 3.05) is 20.6 Å². The van der Waals surface area contributed by atoms with Crippen LogP contribution in [-0.4, -0.2) is 37.5 Å². The van der Waals surface area contributed by atoms with Gasteiger partial charge in [0, 0.05) is 18.5 Å². The fraction of sp³-hybridized carbons (Fsp3) is 0.941. The van der Waals surface area contributed by atoms with E-state index in [-0.39, 0.29) is 5.92 Å². The molecule has 0 heterocycles. The van der Waals surface area contributed by atoms with Crippen LogP contribution in [0.25, 0.3) is 0 Å². The number of rotatable bonds is 8. The van der Waals surface area contributed by atoms with Gasteiger partial charge < -0.3 is 10.2 Å². The molecule has 0 bridgehead atoms. The van der Waals surface area contributed by atoms with E-state index in [1.165, 1.54) is 25.7 Å². The maximum absolute atomic E-state index is 12.5. The molecule has 1 rings (SSSR count). The molecule has 0 aromatic carbocycles. The molecule has 0 aliphatic heterocycles. The lowest BCUT2D eigenvalue weighted by molar-refractivity contribution is -0.126. The zero-order valence-electron chi connectivity index (χ0n) is 14.0. The summed E-state index contributed by atoms with van der Waals surface area (Å²) in [5.74, 6) is 1.15. The van der Waals surface area contributed by atoms with Crippen molar-refractivity contribution in [3.8, 4) is 0 Å². The molecule has 0 radical (unpaired) electrons. The van der Waals surface area contributed by atoms with E-state index < -0.39 is 0 Å². The Kier molecular flexibility index (Phi) is 8.20. The molecule has 0 saturated heterocycles. The van der Waals surface area contributed by atoms with Gasteiger partial charge in [0.05, 0.1) is 0 Å². The van der Waals surface area contributed by atoms with Crippen molar-refractivity contribution < 1.29 is 4.79 Å². The molecule has 1 N–H and O–H groups in total. The van der Waals surface area contributed by atoms with Crippen molar-refractivity contribution in [1.82, 2.24) is 10.2 Å². The maximum Gasteiger partial charge on any atom is 0.223 e. The van der Waals surface area contributed by atoms with Crippen LogP contribution in [0.3, 0.4) is 0 Å². The SMILES string of the molecule is CCCCC(CC)C(=O)NC1CCCCC1CN(C)C. The molecule has 3 heteroatoms. The summed E-state index contributed by atoms with van der Waals surface area (Å²) in [6.45, 7) is 5.42. The first kappa shape index (κ1) is 17.5. The van der Waals surface area contributed by atoms with Crippen LogP contribution in [0.5, 0.6) is 0 Å². The molecular weight excluding hydrogens is 248 g/mol. The second-order valence-corrected chi connectivity index (χ2v) is 6.67.